The molecule has 2 atom stereocenters. The molecular formula is C6H11NO2. The molecule has 3 heteroatoms. The van der Waals surface area contributed by atoms with Crippen LogP contribution in [0.25, 0.3) is 0 Å². The van der Waals surface area contributed by atoms with Crippen LogP contribution in [-0.4, -0.2) is 44.0 Å². The van der Waals surface area contributed by atoms with Gasteiger partial charge in [-0.1, -0.05) is 0 Å². The first kappa shape index (κ1) is 5.65. The van der Waals surface area contributed by atoms with E-state index in [1.165, 1.54) is 0 Å². The van der Waals surface area contributed by atoms with Gasteiger partial charge in [-0.15, -0.1) is 0 Å². The SMILES string of the molecule is CN1CC2OCOC2C1. The van der Waals surface area contributed by atoms with Crippen LogP contribution in [0.4, 0.5) is 0 Å². The Hall–Kier alpha value is -0.120. The molecule has 0 aromatic heterocycles. The number of rotatable bonds is 0. The van der Waals surface area contributed by atoms with Gasteiger partial charge in [-0.25, -0.2) is 0 Å². The molecule has 0 bridgehead atoms. The summed E-state index contributed by atoms with van der Waals surface area (Å²) in [7, 11) is 2.09. The average molecular weight is 129 g/mol. The van der Waals surface area contributed by atoms with Crippen LogP contribution in [0.5, 0.6) is 0 Å². The molecule has 2 unspecified atom stereocenters. The first-order valence-corrected chi connectivity index (χ1v) is 3.28. The molecule has 0 spiro atoms. The Labute approximate surface area is 54.5 Å². The van der Waals surface area contributed by atoms with E-state index < -0.39 is 0 Å². The quantitative estimate of drug-likeness (QED) is 0.447. The Morgan fingerprint density at radius 3 is 2.33 bits per heavy atom. The summed E-state index contributed by atoms with van der Waals surface area (Å²) in [6.07, 6.45) is 0.713. The minimum Gasteiger partial charge on any atom is -0.348 e. The Kier molecular flexibility index (Phi) is 1.22. The minimum atomic E-state index is 0.356. The third-order valence-electron chi connectivity index (χ3n) is 1.96. The van der Waals surface area contributed by atoms with E-state index in [0.29, 0.717) is 19.0 Å². The monoisotopic (exact) mass is 129 g/mol. The highest BCUT2D eigenvalue weighted by atomic mass is 16.7. The largest absolute Gasteiger partial charge is 0.348 e. The number of ether oxygens (including phenoxy) is 2. The van der Waals surface area contributed by atoms with E-state index in [9.17, 15) is 0 Å². The molecule has 0 saturated carbocycles. The molecule has 2 heterocycles. The van der Waals surface area contributed by atoms with Crippen molar-refractivity contribution in [3.05, 3.63) is 0 Å². The fourth-order valence-electron chi connectivity index (χ4n) is 1.46. The van der Waals surface area contributed by atoms with Crippen LogP contribution < -0.4 is 0 Å². The van der Waals surface area contributed by atoms with Crippen molar-refractivity contribution >= 4 is 0 Å². The van der Waals surface area contributed by atoms with Gasteiger partial charge in [-0.3, -0.25) is 0 Å². The van der Waals surface area contributed by atoms with Gasteiger partial charge in [-0.2, -0.15) is 0 Å². The Balaban J connectivity index is 2.02. The number of hydrogen-bond acceptors (Lipinski definition) is 3. The molecule has 9 heavy (non-hydrogen) atoms. The van der Waals surface area contributed by atoms with Gasteiger partial charge >= 0.3 is 0 Å². The van der Waals surface area contributed by atoms with Crippen molar-refractivity contribution < 1.29 is 9.47 Å². The van der Waals surface area contributed by atoms with Gasteiger partial charge in [0.25, 0.3) is 0 Å². The zero-order chi connectivity index (χ0) is 6.27. The maximum atomic E-state index is 5.28. The molecule has 2 rings (SSSR count). The number of fused-ring (bicyclic) bond motifs is 1. The molecule has 0 amide bonds. The number of likely N-dealkylation sites (N-methyl/N-ethyl adjacent to an activating group) is 1. The topological polar surface area (TPSA) is 21.7 Å². The zero-order valence-electron chi connectivity index (χ0n) is 5.54. The Bertz CT molecular complexity index is 106. The number of likely N-dealkylation sites (tertiary alicyclic amines) is 1. The summed E-state index contributed by atoms with van der Waals surface area (Å²) in [6, 6.07) is 0. The lowest BCUT2D eigenvalue weighted by Crippen LogP contribution is -2.18. The third-order valence-corrected chi connectivity index (χ3v) is 1.96. The van der Waals surface area contributed by atoms with Gasteiger partial charge in [0.1, 0.15) is 19.0 Å². The van der Waals surface area contributed by atoms with E-state index in [-0.39, 0.29) is 0 Å². The van der Waals surface area contributed by atoms with E-state index >= 15 is 0 Å². The molecular weight excluding hydrogens is 118 g/mol. The Morgan fingerprint density at radius 1 is 1.22 bits per heavy atom. The zero-order valence-corrected chi connectivity index (χ0v) is 5.54. The van der Waals surface area contributed by atoms with Crippen molar-refractivity contribution in [2.45, 2.75) is 12.2 Å². The molecule has 2 saturated heterocycles. The molecule has 52 valence electrons. The summed E-state index contributed by atoms with van der Waals surface area (Å²) >= 11 is 0. The van der Waals surface area contributed by atoms with Gasteiger partial charge in [0.05, 0.1) is 0 Å². The highest BCUT2D eigenvalue weighted by Crippen LogP contribution is 2.20. The highest BCUT2D eigenvalue weighted by Gasteiger charge is 2.36. The van der Waals surface area contributed by atoms with Crippen LogP contribution in [-0.2, 0) is 9.47 Å². The summed E-state index contributed by atoms with van der Waals surface area (Å²) in [5, 5.41) is 0. The molecule has 0 N–H and O–H groups in total. The number of hydrogen-bond donors (Lipinski definition) is 0. The lowest BCUT2D eigenvalue weighted by molar-refractivity contribution is 0.0188. The van der Waals surface area contributed by atoms with Crippen molar-refractivity contribution in [1.82, 2.24) is 4.90 Å². The van der Waals surface area contributed by atoms with Crippen LogP contribution in [0.2, 0.25) is 0 Å². The van der Waals surface area contributed by atoms with Crippen molar-refractivity contribution in [2.24, 2.45) is 0 Å². The lowest BCUT2D eigenvalue weighted by Gasteiger charge is -2.06. The van der Waals surface area contributed by atoms with Gasteiger partial charge < -0.3 is 14.4 Å². The molecule has 2 fully saturated rings. The maximum Gasteiger partial charge on any atom is 0.147 e. The fraction of sp³-hybridized carbons (Fsp3) is 1.00. The van der Waals surface area contributed by atoms with Crippen molar-refractivity contribution in [3.8, 4) is 0 Å². The van der Waals surface area contributed by atoms with Gasteiger partial charge in [0, 0.05) is 13.1 Å². The minimum absolute atomic E-state index is 0.356. The normalized spacial score (nSPS) is 43.7. The summed E-state index contributed by atoms with van der Waals surface area (Å²) in [5.41, 5.74) is 0. The predicted octanol–water partition coefficient (Wildman–Crippen LogP) is -0.327. The molecule has 2 aliphatic heterocycles. The summed E-state index contributed by atoms with van der Waals surface area (Å²) in [6.45, 7) is 2.57. The Morgan fingerprint density at radius 2 is 1.78 bits per heavy atom. The van der Waals surface area contributed by atoms with E-state index in [2.05, 4.69) is 11.9 Å². The van der Waals surface area contributed by atoms with E-state index in [0.717, 1.165) is 13.1 Å². The second kappa shape index (κ2) is 1.94. The molecule has 0 aromatic carbocycles. The highest BCUT2D eigenvalue weighted by molar-refractivity contribution is 4.85. The fourth-order valence-corrected chi connectivity index (χ4v) is 1.46. The van der Waals surface area contributed by atoms with Crippen molar-refractivity contribution in [2.75, 3.05) is 26.9 Å². The molecule has 0 aromatic rings. The summed E-state index contributed by atoms with van der Waals surface area (Å²) < 4.78 is 10.6. The van der Waals surface area contributed by atoms with Crippen LogP contribution >= 0.6 is 0 Å². The van der Waals surface area contributed by atoms with Gasteiger partial charge in [0.15, 0.2) is 0 Å². The first-order chi connectivity index (χ1) is 4.36. The summed E-state index contributed by atoms with van der Waals surface area (Å²) in [5.74, 6) is 0. The average Bonchev–Trinajstić information content (AvgIpc) is 2.22. The molecule has 0 radical (unpaired) electrons. The van der Waals surface area contributed by atoms with Crippen LogP contribution in [0, 0.1) is 0 Å². The first-order valence-electron chi connectivity index (χ1n) is 3.28. The third kappa shape index (κ3) is 0.852. The second-order valence-electron chi connectivity index (χ2n) is 2.75. The molecule has 2 aliphatic rings. The summed E-state index contributed by atoms with van der Waals surface area (Å²) in [4.78, 5) is 2.23. The van der Waals surface area contributed by atoms with Crippen molar-refractivity contribution in [1.29, 1.82) is 0 Å². The second-order valence-corrected chi connectivity index (χ2v) is 2.75. The maximum absolute atomic E-state index is 5.28. The lowest BCUT2D eigenvalue weighted by atomic mass is 10.3. The van der Waals surface area contributed by atoms with Crippen LogP contribution in [0.15, 0.2) is 0 Å². The van der Waals surface area contributed by atoms with Crippen molar-refractivity contribution in [3.63, 3.8) is 0 Å². The predicted molar refractivity (Wildman–Crippen MR) is 32.1 cm³/mol. The van der Waals surface area contributed by atoms with Gasteiger partial charge in [0.2, 0.25) is 0 Å². The molecule has 3 nitrogen and oxygen atoms in total. The standard InChI is InChI=1S/C6H11NO2/c1-7-2-5-6(3-7)9-4-8-5/h5-6H,2-4H2,1H3. The van der Waals surface area contributed by atoms with E-state index in [4.69, 9.17) is 9.47 Å². The van der Waals surface area contributed by atoms with Crippen LogP contribution in [0.3, 0.4) is 0 Å². The van der Waals surface area contributed by atoms with Crippen LogP contribution in [0.1, 0.15) is 0 Å². The van der Waals surface area contributed by atoms with E-state index in [1.54, 1.807) is 0 Å². The van der Waals surface area contributed by atoms with Gasteiger partial charge in [-0.05, 0) is 7.05 Å². The smallest absolute Gasteiger partial charge is 0.147 e. The van der Waals surface area contributed by atoms with E-state index in [1.807, 2.05) is 0 Å². The molecule has 0 aliphatic carbocycles. The number of nitrogens with zero attached hydrogens (tertiary/aromatic N) is 1.